The van der Waals surface area contributed by atoms with Crippen molar-refractivity contribution >= 4 is 17.7 Å². The monoisotopic (exact) mass is 343 g/mol. The molecule has 1 heterocycles. The van der Waals surface area contributed by atoms with Crippen molar-refractivity contribution in [2.45, 2.75) is 6.04 Å². The van der Waals surface area contributed by atoms with Crippen molar-refractivity contribution < 1.29 is 19.6 Å². The van der Waals surface area contributed by atoms with Crippen LogP contribution in [0.1, 0.15) is 10.4 Å². The zero-order chi connectivity index (χ0) is 18.4. The van der Waals surface area contributed by atoms with E-state index >= 15 is 0 Å². The maximum atomic E-state index is 12.5. The first kappa shape index (κ1) is 18.0. The molecule has 130 valence electrons. The van der Waals surface area contributed by atoms with Gasteiger partial charge in [-0.2, -0.15) is 0 Å². The molecule has 1 aromatic heterocycles. The Morgan fingerprint density at radius 1 is 1.12 bits per heavy atom. The number of hydroxylamine groups is 1. The number of carbonyl (C=O) groups excluding carboxylic acids is 3. The first-order chi connectivity index (χ1) is 12.0. The van der Waals surface area contributed by atoms with Crippen molar-refractivity contribution in [3.05, 3.63) is 48.4 Å². The Bertz CT molecular complexity index is 748. The molecule has 1 aromatic carbocycles. The highest BCUT2D eigenvalue weighted by molar-refractivity contribution is 6.08. The van der Waals surface area contributed by atoms with Crippen LogP contribution in [-0.2, 0) is 9.59 Å². The fraction of sp³-hybridized carbons (Fsp3) is 0.188. The fourth-order valence-electron chi connectivity index (χ4n) is 2.22. The fourth-order valence-corrected chi connectivity index (χ4v) is 2.22. The number of nitrogens with one attached hydrogen (secondary N) is 2. The number of benzene rings is 1. The number of rotatable bonds is 5. The molecule has 0 radical (unpaired) electrons. The Kier molecular flexibility index (Phi) is 5.75. The molecule has 0 aliphatic carbocycles. The first-order valence-corrected chi connectivity index (χ1v) is 7.28. The van der Waals surface area contributed by atoms with E-state index in [1.807, 2.05) is 0 Å². The molecule has 0 aliphatic heterocycles. The lowest BCUT2D eigenvalue weighted by Crippen LogP contribution is -2.54. The Balaban J connectivity index is 2.24. The van der Waals surface area contributed by atoms with Crippen LogP contribution >= 0.6 is 0 Å². The van der Waals surface area contributed by atoms with Gasteiger partial charge in [-0.15, -0.1) is 0 Å². The maximum Gasteiger partial charge on any atom is 0.275 e. The van der Waals surface area contributed by atoms with Gasteiger partial charge >= 0.3 is 0 Å². The van der Waals surface area contributed by atoms with Crippen LogP contribution in [0.3, 0.4) is 0 Å². The minimum absolute atomic E-state index is 0.273. The summed E-state index contributed by atoms with van der Waals surface area (Å²) in [5, 5.41) is 11.1. The molecule has 0 bridgehead atoms. The van der Waals surface area contributed by atoms with E-state index < -0.39 is 23.8 Å². The van der Waals surface area contributed by atoms with Crippen molar-refractivity contribution in [2.24, 2.45) is 0 Å². The summed E-state index contributed by atoms with van der Waals surface area (Å²) in [6, 6.07) is 4.99. The molecule has 0 saturated heterocycles. The van der Waals surface area contributed by atoms with E-state index in [9.17, 15) is 14.4 Å². The number of hydrogen-bond donors (Lipinski definition) is 3. The number of hydrogen-bond acceptors (Lipinski definition) is 6. The van der Waals surface area contributed by atoms with Crippen LogP contribution < -0.4 is 10.8 Å². The maximum absolute atomic E-state index is 12.5. The van der Waals surface area contributed by atoms with E-state index in [4.69, 9.17) is 5.21 Å². The standard InChI is InChI=1S/C16H17N5O4/c1-17-14(22)13(15(23)20-25)21(2)16(24)11-5-3-10(4-6-11)12-9-18-7-8-19-12/h3-9,13,25H,1-2H3,(H,17,22)(H,20,23). The summed E-state index contributed by atoms with van der Waals surface area (Å²) in [4.78, 5) is 45.2. The molecular weight excluding hydrogens is 326 g/mol. The van der Waals surface area contributed by atoms with Gasteiger partial charge in [0.15, 0.2) is 6.04 Å². The second-order valence-electron chi connectivity index (χ2n) is 5.08. The minimum Gasteiger partial charge on any atom is -0.357 e. The zero-order valence-electron chi connectivity index (χ0n) is 13.6. The highest BCUT2D eigenvalue weighted by atomic mass is 16.5. The zero-order valence-corrected chi connectivity index (χ0v) is 13.6. The lowest BCUT2D eigenvalue weighted by atomic mass is 10.1. The van der Waals surface area contributed by atoms with Gasteiger partial charge in [-0.1, -0.05) is 12.1 Å². The third-order valence-electron chi connectivity index (χ3n) is 3.55. The largest absolute Gasteiger partial charge is 0.357 e. The van der Waals surface area contributed by atoms with E-state index in [1.54, 1.807) is 42.9 Å². The molecule has 0 fully saturated rings. The first-order valence-electron chi connectivity index (χ1n) is 7.28. The lowest BCUT2D eigenvalue weighted by Gasteiger charge is -2.25. The average Bonchev–Trinajstić information content (AvgIpc) is 2.67. The lowest BCUT2D eigenvalue weighted by molar-refractivity contribution is -0.140. The predicted molar refractivity (Wildman–Crippen MR) is 87.3 cm³/mol. The van der Waals surface area contributed by atoms with E-state index in [1.165, 1.54) is 19.6 Å². The molecule has 0 spiro atoms. The molecule has 2 aromatic rings. The molecule has 0 saturated carbocycles. The molecular formula is C16H17N5O4. The topological polar surface area (TPSA) is 125 Å². The minimum atomic E-state index is -1.50. The second-order valence-corrected chi connectivity index (χ2v) is 5.08. The molecule has 9 nitrogen and oxygen atoms in total. The molecule has 1 atom stereocenters. The molecule has 25 heavy (non-hydrogen) atoms. The van der Waals surface area contributed by atoms with Crippen molar-refractivity contribution in [1.29, 1.82) is 0 Å². The summed E-state index contributed by atoms with van der Waals surface area (Å²) < 4.78 is 0. The average molecular weight is 343 g/mol. The van der Waals surface area contributed by atoms with E-state index in [0.29, 0.717) is 5.69 Å². The quantitative estimate of drug-likeness (QED) is 0.393. The van der Waals surface area contributed by atoms with Crippen molar-refractivity contribution in [3.63, 3.8) is 0 Å². The predicted octanol–water partition coefficient (Wildman–Crippen LogP) is -0.164. The Morgan fingerprint density at radius 2 is 1.80 bits per heavy atom. The molecule has 3 amide bonds. The van der Waals surface area contributed by atoms with Crippen LogP contribution in [0.25, 0.3) is 11.3 Å². The van der Waals surface area contributed by atoms with Crippen LogP contribution in [0.15, 0.2) is 42.9 Å². The molecule has 3 N–H and O–H groups in total. The van der Waals surface area contributed by atoms with Gasteiger partial charge in [0.1, 0.15) is 0 Å². The highest BCUT2D eigenvalue weighted by Gasteiger charge is 2.33. The van der Waals surface area contributed by atoms with E-state index in [0.717, 1.165) is 10.5 Å². The van der Waals surface area contributed by atoms with Crippen LogP contribution in [0.2, 0.25) is 0 Å². The molecule has 2 rings (SSSR count). The third kappa shape index (κ3) is 3.96. The van der Waals surface area contributed by atoms with Crippen LogP contribution in [0, 0.1) is 0 Å². The number of carbonyl (C=O) groups is 3. The van der Waals surface area contributed by atoms with Crippen molar-refractivity contribution in [3.8, 4) is 11.3 Å². The van der Waals surface area contributed by atoms with E-state index in [2.05, 4.69) is 15.3 Å². The SMILES string of the molecule is CNC(=O)C(C(=O)NO)N(C)C(=O)c1ccc(-c2cnccn2)cc1. The second kappa shape index (κ2) is 7.97. The number of aromatic nitrogens is 2. The van der Waals surface area contributed by atoms with Crippen LogP contribution in [0.5, 0.6) is 0 Å². The number of likely N-dealkylation sites (N-methyl/N-ethyl adjacent to an activating group) is 2. The van der Waals surface area contributed by atoms with Gasteiger partial charge in [0.25, 0.3) is 17.7 Å². The van der Waals surface area contributed by atoms with Gasteiger partial charge in [0, 0.05) is 37.6 Å². The Labute approximate surface area is 143 Å². The van der Waals surface area contributed by atoms with Gasteiger partial charge in [0.2, 0.25) is 0 Å². The smallest absolute Gasteiger partial charge is 0.275 e. The van der Waals surface area contributed by atoms with E-state index in [-0.39, 0.29) is 5.56 Å². The summed E-state index contributed by atoms with van der Waals surface area (Å²) in [5.41, 5.74) is 3.08. The van der Waals surface area contributed by atoms with Gasteiger partial charge in [-0.3, -0.25) is 29.6 Å². The molecule has 9 heteroatoms. The highest BCUT2D eigenvalue weighted by Crippen LogP contribution is 2.17. The summed E-state index contributed by atoms with van der Waals surface area (Å²) in [6.07, 6.45) is 4.71. The van der Waals surface area contributed by atoms with Crippen LogP contribution in [-0.4, -0.2) is 57.9 Å². The summed E-state index contributed by atoms with van der Waals surface area (Å²) in [7, 11) is 2.63. The van der Waals surface area contributed by atoms with Crippen molar-refractivity contribution in [1.82, 2.24) is 25.7 Å². The van der Waals surface area contributed by atoms with Gasteiger partial charge in [-0.05, 0) is 12.1 Å². The molecule has 1 unspecified atom stereocenters. The van der Waals surface area contributed by atoms with Gasteiger partial charge in [0.05, 0.1) is 11.9 Å². The van der Waals surface area contributed by atoms with Crippen molar-refractivity contribution in [2.75, 3.05) is 14.1 Å². The Morgan fingerprint density at radius 3 is 2.32 bits per heavy atom. The van der Waals surface area contributed by atoms with Gasteiger partial charge < -0.3 is 10.2 Å². The summed E-state index contributed by atoms with van der Waals surface area (Å²) in [6.45, 7) is 0. The normalized spacial score (nSPS) is 11.3. The van der Waals surface area contributed by atoms with Gasteiger partial charge in [-0.25, -0.2) is 5.48 Å². The summed E-state index contributed by atoms with van der Waals surface area (Å²) in [5.74, 6) is -2.28. The van der Waals surface area contributed by atoms with Crippen LogP contribution in [0.4, 0.5) is 0 Å². The Hall–Kier alpha value is -3.33. The summed E-state index contributed by atoms with van der Waals surface area (Å²) >= 11 is 0. The third-order valence-corrected chi connectivity index (χ3v) is 3.55. The number of amides is 3. The number of nitrogens with zero attached hydrogens (tertiary/aromatic N) is 3. The molecule has 0 aliphatic rings.